The molecule has 2 aromatic heterocycles. The van der Waals surface area contributed by atoms with E-state index in [1.54, 1.807) is 4.90 Å². The largest absolute Gasteiger partial charge is 0.460 e. The highest BCUT2D eigenvalue weighted by Gasteiger charge is 2.48. The lowest BCUT2D eigenvalue weighted by atomic mass is 9.93. The number of aromatic nitrogens is 1. The molecule has 0 saturated heterocycles. The van der Waals surface area contributed by atoms with E-state index in [2.05, 4.69) is 5.32 Å². The number of carbonyl (C=O) groups is 2. The third kappa shape index (κ3) is 4.25. The van der Waals surface area contributed by atoms with Gasteiger partial charge < -0.3 is 23.9 Å². The first-order valence-corrected chi connectivity index (χ1v) is 11.7. The summed E-state index contributed by atoms with van der Waals surface area (Å²) in [4.78, 5) is 28.9. The van der Waals surface area contributed by atoms with Gasteiger partial charge >= 0.3 is 0 Å². The summed E-state index contributed by atoms with van der Waals surface area (Å²) in [6.07, 6.45) is 7.49. The lowest BCUT2D eigenvalue weighted by Gasteiger charge is -2.44. The summed E-state index contributed by atoms with van der Waals surface area (Å²) >= 11 is 0. The molecule has 3 heterocycles. The van der Waals surface area contributed by atoms with E-state index in [0.29, 0.717) is 44.0 Å². The van der Waals surface area contributed by atoms with Crippen molar-refractivity contribution in [1.29, 1.82) is 0 Å². The van der Waals surface area contributed by atoms with E-state index < -0.39 is 5.54 Å². The smallest absolute Gasteiger partial charge is 0.271 e. The van der Waals surface area contributed by atoms with Crippen molar-refractivity contribution in [2.75, 3.05) is 19.8 Å². The highest BCUT2D eigenvalue weighted by Crippen LogP contribution is 2.34. The van der Waals surface area contributed by atoms with Crippen LogP contribution in [0.1, 0.15) is 75.0 Å². The van der Waals surface area contributed by atoms with Crippen LogP contribution < -0.4 is 5.32 Å². The second-order valence-electron chi connectivity index (χ2n) is 9.17. The maximum Gasteiger partial charge on any atom is 0.271 e. The number of furan rings is 1. The van der Waals surface area contributed by atoms with E-state index in [1.807, 2.05) is 37.5 Å². The molecule has 31 heavy (non-hydrogen) atoms. The summed E-state index contributed by atoms with van der Waals surface area (Å²) in [5.74, 6) is 0.624. The Morgan fingerprint density at radius 2 is 2.00 bits per heavy atom. The van der Waals surface area contributed by atoms with E-state index in [4.69, 9.17) is 9.15 Å². The maximum atomic E-state index is 13.6. The Balaban J connectivity index is 1.63. The van der Waals surface area contributed by atoms with Crippen LogP contribution in [0.25, 0.3) is 11.1 Å². The van der Waals surface area contributed by atoms with Crippen LogP contribution in [0.4, 0.5) is 0 Å². The Bertz CT molecular complexity index is 938. The van der Waals surface area contributed by atoms with Gasteiger partial charge in [-0.3, -0.25) is 9.59 Å². The number of hydrogen-bond acceptors (Lipinski definition) is 4. The minimum atomic E-state index is -0.959. The van der Waals surface area contributed by atoms with E-state index in [-0.39, 0.29) is 17.9 Å². The Morgan fingerprint density at radius 3 is 2.71 bits per heavy atom. The number of nitrogens with zero attached hydrogens (tertiary/aromatic N) is 2. The van der Waals surface area contributed by atoms with Crippen LogP contribution >= 0.6 is 0 Å². The predicted molar refractivity (Wildman–Crippen MR) is 119 cm³/mol. The third-order valence-corrected chi connectivity index (χ3v) is 6.79. The zero-order valence-corrected chi connectivity index (χ0v) is 19.0. The first-order valence-electron chi connectivity index (χ1n) is 11.7. The second-order valence-corrected chi connectivity index (χ2v) is 9.17. The minimum Gasteiger partial charge on any atom is -0.460 e. The topological polar surface area (TPSA) is 76.7 Å². The molecule has 4 rings (SSSR count). The predicted octanol–water partition coefficient (Wildman–Crippen LogP) is 4.02. The van der Waals surface area contributed by atoms with Crippen LogP contribution in [0.3, 0.4) is 0 Å². The molecule has 7 nitrogen and oxygen atoms in total. The van der Waals surface area contributed by atoms with Crippen molar-refractivity contribution in [3.63, 3.8) is 0 Å². The zero-order valence-electron chi connectivity index (χ0n) is 19.0. The van der Waals surface area contributed by atoms with E-state index >= 15 is 0 Å². The molecule has 7 heteroatoms. The SMILES string of the molecule is CCOCCCN1C(=O)c2cc3oc(C)cc3n2CC1(C)C(=O)NC1CCCCCC1. The van der Waals surface area contributed by atoms with E-state index in [0.717, 1.165) is 37.0 Å². The molecule has 1 fully saturated rings. The molecule has 1 atom stereocenters. The average molecular weight is 430 g/mol. The van der Waals surface area contributed by atoms with Gasteiger partial charge in [0.25, 0.3) is 5.91 Å². The van der Waals surface area contributed by atoms with Gasteiger partial charge in [0.05, 0.1) is 12.1 Å². The summed E-state index contributed by atoms with van der Waals surface area (Å²) in [6.45, 7) is 7.88. The molecule has 1 aliphatic heterocycles. The van der Waals surface area contributed by atoms with Crippen molar-refractivity contribution < 1.29 is 18.7 Å². The lowest BCUT2D eigenvalue weighted by Crippen LogP contribution is -2.65. The second kappa shape index (κ2) is 9.07. The Hall–Kier alpha value is -2.28. The highest BCUT2D eigenvalue weighted by atomic mass is 16.5. The van der Waals surface area contributed by atoms with Gasteiger partial charge in [-0.2, -0.15) is 0 Å². The van der Waals surface area contributed by atoms with Gasteiger partial charge in [0.1, 0.15) is 17.0 Å². The molecule has 170 valence electrons. The molecule has 0 spiro atoms. The quantitative estimate of drug-likeness (QED) is 0.533. The fourth-order valence-corrected chi connectivity index (χ4v) is 5.04. The molecule has 1 N–H and O–H groups in total. The minimum absolute atomic E-state index is 0.0584. The molecule has 1 saturated carbocycles. The van der Waals surface area contributed by atoms with Gasteiger partial charge in [0, 0.05) is 37.9 Å². The van der Waals surface area contributed by atoms with Gasteiger partial charge in [-0.05, 0) is 40.0 Å². The first kappa shape index (κ1) is 21.9. The van der Waals surface area contributed by atoms with E-state index in [1.165, 1.54) is 12.8 Å². The number of fused-ring (bicyclic) bond motifs is 3. The van der Waals surface area contributed by atoms with Crippen LogP contribution in [-0.2, 0) is 16.1 Å². The van der Waals surface area contributed by atoms with Crippen molar-refractivity contribution in [3.05, 3.63) is 23.6 Å². The summed E-state index contributed by atoms with van der Waals surface area (Å²) in [7, 11) is 0. The van der Waals surface area contributed by atoms with Crippen LogP contribution in [0.5, 0.6) is 0 Å². The Labute approximate surface area is 184 Å². The molecule has 0 aromatic carbocycles. The van der Waals surface area contributed by atoms with Crippen molar-refractivity contribution in [1.82, 2.24) is 14.8 Å². The van der Waals surface area contributed by atoms with Gasteiger partial charge in [-0.1, -0.05) is 25.7 Å². The van der Waals surface area contributed by atoms with Gasteiger partial charge in [0.2, 0.25) is 5.91 Å². The molecular formula is C24H35N3O4. The molecule has 0 radical (unpaired) electrons. The molecule has 2 aliphatic rings. The number of hydrogen-bond donors (Lipinski definition) is 1. The summed E-state index contributed by atoms with van der Waals surface area (Å²) in [6, 6.07) is 3.94. The van der Waals surface area contributed by atoms with Crippen LogP contribution in [-0.4, -0.2) is 52.6 Å². The molecule has 1 aliphatic carbocycles. The summed E-state index contributed by atoms with van der Waals surface area (Å²) in [5.41, 5.74) is 1.21. The number of carbonyl (C=O) groups excluding carboxylic acids is 2. The number of ether oxygens (including phenoxy) is 1. The highest BCUT2D eigenvalue weighted by molar-refractivity contribution is 6.03. The van der Waals surface area contributed by atoms with Crippen molar-refractivity contribution >= 4 is 22.9 Å². The lowest BCUT2D eigenvalue weighted by molar-refractivity contribution is -0.133. The van der Waals surface area contributed by atoms with Crippen molar-refractivity contribution in [3.8, 4) is 0 Å². The monoisotopic (exact) mass is 429 g/mol. The van der Waals surface area contributed by atoms with Crippen LogP contribution in [0.2, 0.25) is 0 Å². The van der Waals surface area contributed by atoms with Gasteiger partial charge in [0.15, 0.2) is 5.58 Å². The number of rotatable bonds is 7. The zero-order chi connectivity index (χ0) is 22.0. The van der Waals surface area contributed by atoms with Crippen LogP contribution in [0, 0.1) is 6.92 Å². The normalized spacial score (nSPS) is 22.5. The van der Waals surface area contributed by atoms with Crippen molar-refractivity contribution in [2.24, 2.45) is 0 Å². The standard InChI is InChI=1S/C24H35N3O4/c1-4-30-13-9-12-27-22(28)20-15-21-19(14-17(2)31-21)26(20)16-24(27,3)23(29)25-18-10-7-5-6-8-11-18/h14-15,18H,4-13,16H2,1-3H3,(H,25,29). The number of nitrogens with one attached hydrogen (secondary N) is 1. The maximum absolute atomic E-state index is 13.6. The Morgan fingerprint density at radius 1 is 1.26 bits per heavy atom. The Kier molecular flexibility index (Phi) is 6.42. The van der Waals surface area contributed by atoms with Crippen molar-refractivity contribution in [2.45, 2.75) is 83.8 Å². The van der Waals surface area contributed by atoms with E-state index in [9.17, 15) is 9.59 Å². The van der Waals surface area contributed by atoms with Gasteiger partial charge in [-0.15, -0.1) is 0 Å². The molecule has 1 unspecified atom stereocenters. The third-order valence-electron chi connectivity index (χ3n) is 6.79. The molecular weight excluding hydrogens is 394 g/mol. The number of aryl methyl sites for hydroxylation is 1. The summed E-state index contributed by atoms with van der Waals surface area (Å²) in [5, 5.41) is 3.30. The fraction of sp³-hybridized carbons (Fsp3) is 0.667. The first-order chi connectivity index (χ1) is 14.9. The summed E-state index contributed by atoms with van der Waals surface area (Å²) < 4.78 is 13.2. The molecule has 2 aromatic rings. The molecule has 0 bridgehead atoms. The fourth-order valence-electron chi connectivity index (χ4n) is 5.04. The van der Waals surface area contributed by atoms with Gasteiger partial charge in [-0.25, -0.2) is 0 Å². The van der Waals surface area contributed by atoms with Crippen LogP contribution in [0.15, 0.2) is 16.5 Å². The number of amides is 2. The molecule has 2 amide bonds. The average Bonchev–Trinajstić information content (AvgIpc) is 3.13.